The SMILES string of the molecule is CC(=O)Nc1ccc(NC(=O)[C@H](C)Nc2cc(C)ccc2C)cc1. The van der Waals surface area contributed by atoms with Crippen LogP contribution in [0.5, 0.6) is 0 Å². The van der Waals surface area contributed by atoms with Gasteiger partial charge in [0.05, 0.1) is 0 Å². The largest absolute Gasteiger partial charge is 0.374 e. The lowest BCUT2D eigenvalue weighted by Crippen LogP contribution is -2.32. The number of rotatable bonds is 5. The summed E-state index contributed by atoms with van der Waals surface area (Å²) in [6.45, 7) is 7.30. The van der Waals surface area contributed by atoms with Crippen molar-refractivity contribution in [2.24, 2.45) is 0 Å². The van der Waals surface area contributed by atoms with E-state index in [1.54, 1.807) is 24.3 Å². The number of hydrogen-bond acceptors (Lipinski definition) is 3. The smallest absolute Gasteiger partial charge is 0.246 e. The molecular weight excluding hydrogens is 302 g/mol. The van der Waals surface area contributed by atoms with Crippen molar-refractivity contribution < 1.29 is 9.59 Å². The van der Waals surface area contributed by atoms with Gasteiger partial charge in [0.25, 0.3) is 0 Å². The van der Waals surface area contributed by atoms with Crippen molar-refractivity contribution in [3.8, 4) is 0 Å². The Morgan fingerprint density at radius 2 is 1.50 bits per heavy atom. The van der Waals surface area contributed by atoms with E-state index >= 15 is 0 Å². The molecule has 24 heavy (non-hydrogen) atoms. The zero-order chi connectivity index (χ0) is 17.7. The molecule has 0 radical (unpaired) electrons. The lowest BCUT2D eigenvalue weighted by atomic mass is 10.1. The maximum absolute atomic E-state index is 12.3. The average molecular weight is 325 g/mol. The van der Waals surface area contributed by atoms with E-state index in [1.807, 2.05) is 39.0 Å². The van der Waals surface area contributed by atoms with E-state index in [9.17, 15) is 9.59 Å². The summed E-state index contributed by atoms with van der Waals surface area (Å²) < 4.78 is 0. The van der Waals surface area contributed by atoms with Crippen LogP contribution in [-0.4, -0.2) is 17.9 Å². The number of hydrogen-bond donors (Lipinski definition) is 3. The summed E-state index contributed by atoms with van der Waals surface area (Å²) in [5.74, 6) is -0.249. The molecule has 3 N–H and O–H groups in total. The molecule has 126 valence electrons. The van der Waals surface area contributed by atoms with E-state index in [-0.39, 0.29) is 17.9 Å². The molecule has 5 heteroatoms. The molecule has 2 aromatic rings. The van der Waals surface area contributed by atoms with Crippen molar-refractivity contribution in [3.63, 3.8) is 0 Å². The third-order valence-electron chi connectivity index (χ3n) is 3.63. The quantitative estimate of drug-likeness (QED) is 0.785. The summed E-state index contributed by atoms with van der Waals surface area (Å²) >= 11 is 0. The molecule has 0 fully saturated rings. The topological polar surface area (TPSA) is 70.2 Å². The summed E-state index contributed by atoms with van der Waals surface area (Å²) in [6.07, 6.45) is 0. The molecule has 0 aliphatic rings. The standard InChI is InChI=1S/C19H23N3O2/c1-12-5-6-13(2)18(11-12)20-14(3)19(24)22-17-9-7-16(8-10-17)21-15(4)23/h5-11,14,20H,1-4H3,(H,21,23)(H,22,24)/t14-/m0/s1. The van der Waals surface area contributed by atoms with Gasteiger partial charge < -0.3 is 16.0 Å². The van der Waals surface area contributed by atoms with Crippen molar-refractivity contribution in [1.29, 1.82) is 0 Å². The van der Waals surface area contributed by atoms with E-state index in [0.29, 0.717) is 11.4 Å². The maximum Gasteiger partial charge on any atom is 0.246 e. The molecule has 0 spiro atoms. The first kappa shape index (κ1) is 17.5. The Kier molecular flexibility index (Phi) is 5.58. The minimum absolute atomic E-state index is 0.122. The number of benzene rings is 2. The van der Waals surface area contributed by atoms with Crippen LogP contribution < -0.4 is 16.0 Å². The number of amides is 2. The van der Waals surface area contributed by atoms with E-state index in [0.717, 1.165) is 16.8 Å². The number of aryl methyl sites for hydroxylation is 2. The second-order valence-electron chi connectivity index (χ2n) is 5.93. The third kappa shape index (κ3) is 4.84. The van der Waals surface area contributed by atoms with Crippen LogP contribution in [0.2, 0.25) is 0 Å². The molecule has 0 aromatic heterocycles. The monoisotopic (exact) mass is 325 g/mol. The van der Waals surface area contributed by atoms with Crippen LogP contribution in [0, 0.1) is 13.8 Å². The third-order valence-corrected chi connectivity index (χ3v) is 3.63. The van der Waals surface area contributed by atoms with Gasteiger partial charge in [-0.2, -0.15) is 0 Å². The van der Waals surface area contributed by atoms with Crippen molar-refractivity contribution in [2.45, 2.75) is 33.7 Å². The lowest BCUT2D eigenvalue weighted by Gasteiger charge is -2.17. The zero-order valence-electron chi connectivity index (χ0n) is 14.4. The fourth-order valence-electron chi connectivity index (χ4n) is 2.28. The molecule has 2 aromatic carbocycles. The van der Waals surface area contributed by atoms with E-state index in [4.69, 9.17) is 0 Å². The minimum Gasteiger partial charge on any atom is -0.374 e. The molecular formula is C19H23N3O2. The summed E-state index contributed by atoms with van der Waals surface area (Å²) in [5.41, 5.74) is 4.58. The molecule has 0 saturated heterocycles. The lowest BCUT2D eigenvalue weighted by molar-refractivity contribution is -0.116. The second kappa shape index (κ2) is 7.64. The summed E-state index contributed by atoms with van der Waals surface area (Å²) in [5, 5.41) is 8.79. The first-order chi connectivity index (χ1) is 11.3. The summed E-state index contributed by atoms with van der Waals surface area (Å²) in [4.78, 5) is 23.3. The average Bonchev–Trinajstić information content (AvgIpc) is 2.52. The van der Waals surface area contributed by atoms with Crippen LogP contribution in [0.1, 0.15) is 25.0 Å². The van der Waals surface area contributed by atoms with E-state index in [2.05, 4.69) is 16.0 Å². The van der Waals surface area contributed by atoms with Crippen molar-refractivity contribution in [1.82, 2.24) is 0 Å². The second-order valence-corrected chi connectivity index (χ2v) is 5.93. The van der Waals surface area contributed by atoms with Gasteiger partial charge >= 0.3 is 0 Å². The predicted molar refractivity (Wildman–Crippen MR) is 98.4 cm³/mol. The van der Waals surface area contributed by atoms with Crippen LogP contribution in [0.3, 0.4) is 0 Å². The molecule has 0 bridgehead atoms. The van der Waals surface area contributed by atoms with Gasteiger partial charge in [0.15, 0.2) is 0 Å². The van der Waals surface area contributed by atoms with Gasteiger partial charge in [0.2, 0.25) is 11.8 Å². The highest BCUT2D eigenvalue weighted by molar-refractivity contribution is 5.96. The van der Waals surface area contributed by atoms with Crippen molar-refractivity contribution in [2.75, 3.05) is 16.0 Å². The Morgan fingerprint density at radius 3 is 2.08 bits per heavy atom. The van der Waals surface area contributed by atoms with Crippen molar-refractivity contribution in [3.05, 3.63) is 53.6 Å². The van der Waals surface area contributed by atoms with Crippen LogP contribution in [0.25, 0.3) is 0 Å². The Hall–Kier alpha value is -2.82. The maximum atomic E-state index is 12.3. The normalized spacial score (nSPS) is 11.5. The molecule has 2 amide bonds. The molecule has 0 unspecified atom stereocenters. The van der Waals surface area contributed by atoms with Gasteiger partial charge in [-0.15, -0.1) is 0 Å². The first-order valence-electron chi connectivity index (χ1n) is 7.87. The van der Waals surface area contributed by atoms with Crippen LogP contribution in [0.15, 0.2) is 42.5 Å². The van der Waals surface area contributed by atoms with Gasteiger partial charge in [-0.3, -0.25) is 9.59 Å². The Bertz CT molecular complexity index is 739. The van der Waals surface area contributed by atoms with Crippen LogP contribution >= 0.6 is 0 Å². The fourth-order valence-corrected chi connectivity index (χ4v) is 2.28. The Labute approximate surface area is 142 Å². The van der Waals surface area contributed by atoms with E-state index in [1.165, 1.54) is 6.92 Å². The molecule has 0 aliphatic carbocycles. The van der Waals surface area contributed by atoms with Gasteiger partial charge in [0, 0.05) is 24.0 Å². The van der Waals surface area contributed by atoms with Gasteiger partial charge in [-0.1, -0.05) is 12.1 Å². The molecule has 0 aliphatic heterocycles. The van der Waals surface area contributed by atoms with Gasteiger partial charge in [-0.05, 0) is 62.2 Å². The van der Waals surface area contributed by atoms with E-state index < -0.39 is 0 Å². The molecule has 0 saturated carbocycles. The Balaban J connectivity index is 1.98. The highest BCUT2D eigenvalue weighted by Crippen LogP contribution is 2.18. The van der Waals surface area contributed by atoms with Crippen molar-refractivity contribution >= 4 is 28.9 Å². The summed E-state index contributed by atoms with van der Waals surface area (Å²) in [6, 6.07) is 12.7. The highest BCUT2D eigenvalue weighted by atomic mass is 16.2. The fraction of sp³-hybridized carbons (Fsp3) is 0.263. The number of carbonyl (C=O) groups is 2. The number of anilines is 3. The molecule has 0 heterocycles. The van der Waals surface area contributed by atoms with Gasteiger partial charge in [-0.25, -0.2) is 0 Å². The Morgan fingerprint density at radius 1 is 0.917 bits per heavy atom. The predicted octanol–water partition coefficient (Wildman–Crippen LogP) is 3.70. The zero-order valence-corrected chi connectivity index (χ0v) is 14.4. The molecule has 1 atom stereocenters. The first-order valence-corrected chi connectivity index (χ1v) is 7.87. The van der Waals surface area contributed by atoms with Crippen LogP contribution in [-0.2, 0) is 9.59 Å². The minimum atomic E-state index is -0.375. The molecule has 5 nitrogen and oxygen atoms in total. The van der Waals surface area contributed by atoms with Gasteiger partial charge in [0.1, 0.15) is 6.04 Å². The number of carbonyl (C=O) groups excluding carboxylic acids is 2. The van der Waals surface area contributed by atoms with Crippen LogP contribution in [0.4, 0.5) is 17.1 Å². The summed E-state index contributed by atoms with van der Waals surface area (Å²) in [7, 11) is 0. The number of nitrogens with one attached hydrogen (secondary N) is 3. The highest BCUT2D eigenvalue weighted by Gasteiger charge is 2.14. The molecule has 2 rings (SSSR count).